The number of amides is 2. The highest BCUT2D eigenvalue weighted by Crippen LogP contribution is 2.12. The minimum atomic E-state index is 0.0419. The summed E-state index contributed by atoms with van der Waals surface area (Å²) in [5.41, 5.74) is 0. The fourth-order valence-electron chi connectivity index (χ4n) is 1.74. The predicted molar refractivity (Wildman–Crippen MR) is 57.3 cm³/mol. The van der Waals surface area contributed by atoms with Gasteiger partial charge in [0.05, 0.1) is 0 Å². The first-order chi connectivity index (χ1) is 6.50. The van der Waals surface area contributed by atoms with Crippen LogP contribution in [0.4, 0.5) is 4.79 Å². The molecule has 1 fully saturated rings. The van der Waals surface area contributed by atoms with Crippen LogP contribution in [0.2, 0.25) is 0 Å². The van der Waals surface area contributed by atoms with Gasteiger partial charge in [-0.3, -0.25) is 0 Å². The average Bonchev–Trinajstić information content (AvgIpc) is 2.49. The van der Waals surface area contributed by atoms with Gasteiger partial charge < -0.3 is 15.1 Å². The zero-order valence-corrected chi connectivity index (χ0v) is 9.58. The molecule has 0 spiro atoms. The molecule has 82 valence electrons. The van der Waals surface area contributed by atoms with E-state index in [2.05, 4.69) is 17.3 Å². The Labute approximate surface area is 86.2 Å². The van der Waals surface area contributed by atoms with E-state index < -0.39 is 0 Å². The van der Waals surface area contributed by atoms with Crippen molar-refractivity contribution in [2.45, 2.75) is 32.4 Å². The molecule has 4 heteroatoms. The summed E-state index contributed by atoms with van der Waals surface area (Å²) in [5, 5.41) is 2.90. The Balaban J connectivity index is 2.40. The topological polar surface area (TPSA) is 35.6 Å². The van der Waals surface area contributed by atoms with Gasteiger partial charge in [-0.2, -0.15) is 0 Å². The quantitative estimate of drug-likeness (QED) is 0.712. The van der Waals surface area contributed by atoms with E-state index in [0.717, 1.165) is 19.5 Å². The van der Waals surface area contributed by atoms with Crippen molar-refractivity contribution in [3.63, 3.8) is 0 Å². The van der Waals surface area contributed by atoms with Crippen LogP contribution < -0.4 is 5.32 Å². The molecule has 1 rings (SSSR count). The lowest BCUT2D eigenvalue weighted by Gasteiger charge is -2.25. The molecule has 1 aliphatic heterocycles. The number of nitrogens with zero attached hydrogens (tertiary/aromatic N) is 2. The van der Waals surface area contributed by atoms with Crippen molar-refractivity contribution >= 4 is 6.03 Å². The summed E-state index contributed by atoms with van der Waals surface area (Å²) in [7, 11) is 3.97. The molecule has 1 unspecified atom stereocenters. The van der Waals surface area contributed by atoms with E-state index >= 15 is 0 Å². The third-order valence-corrected chi connectivity index (χ3v) is 2.65. The van der Waals surface area contributed by atoms with E-state index in [4.69, 9.17) is 0 Å². The van der Waals surface area contributed by atoms with E-state index in [1.165, 1.54) is 0 Å². The van der Waals surface area contributed by atoms with E-state index in [1.807, 2.05) is 25.8 Å². The monoisotopic (exact) mass is 199 g/mol. The molecular weight excluding hydrogens is 178 g/mol. The largest absolute Gasteiger partial charge is 0.336 e. The maximum Gasteiger partial charge on any atom is 0.317 e. The maximum atomic E-state index is 11.6. The molecule has 1 saturated heterocycles. The number of rotatable bonds is 2. The Hall–Kier alpha value is -0.770. The Bertz CT molecular complexity index is 206. The summed E-state index contributed by atoms with van der Waals surface area (Å²) < 4.78 is 0. The van der Waals surface area contributed by atoms with Gasteiger partial charge in [-0.25, -0.2) is 4.79 Å². The highest BCUT2D eigenvalue weighted by Gasteiger charge is 2.26. The first kappa shape index (κ1) is 11.3. The summed E-state index contributed by atoms with van der Waals surface area (Å²) in [5.74, 6) is 0. The van der Waals surface area contributed by atoms with Crippen LogP contribution in [0.5, 0.6) is 0 Å². The first-order valence-electron chi connectivity index (χ1n) is 5.22. The molecule has 1 atom stereocenters. The molecule has 0 bridgehead atoms. The summed E-state index contributed by atoms with van der Waals surface area (Å²) >= 11 is 0. The Morgan fingerprint density at radius 2 is 2.21 bits per heavy atom. The van der Waals surface area contributed by atoms with Crippen molar-refractivity contribution in [3.05, 3.63) is 0 Å². The van der Waals surface area contributed by atoms with Crippen LogP contribution in [0.1, 0.15) is 20.3 Å². The van der Waals surface area contributed by atoms with Gasteiger partial charge in [0, 0.05) is 25.7 Å². The number of likely N-dealkylation sites (N-methyl/N-ethyl adjacent to an activating group) is 2. The van der Waals surface area contributed by atoms with Crippen LogP contribution in [0.15, 0.2) is 0 Å². The molecule has 0 saturated carbocycles. The highest BCUT2D eigenvalue weighted by atomic mass is 16.2. The Kier molecular flexibility index (Phi) is 3.75. The van der Waals surface area contributed by atoms with Crippen molar-refractivity contribution < 1.29 is 4.79 Å². The van der Waals surface area contributed by atoms with Crippen molar-refractivity contribution in [2.75, 3.05) is 27.2 Å². The third kappa shape index (κ3) is 2.87. The van der Waals surface area contributed by atoms with Crippen LogP contribution >= 0.6 is 0 Å². The second kappa shape index (κ2) is 4.64. The lowest BCUT2D eigenvalue weighted by molar-refractivity contribution is 0.188. The van der Waals surface area contributed by atoms with Crippen LogP contribution in [-0.4, -0.2) is 55.1 Å². The zero-order chi connectivity index (χ0) is 10.7. The van der Waals surface area contributed by atoms with Crippen LogP contribution in [-0.2, 0) is 0 Å². The smallest absolute Gasteiger partial charge is 0.317 e. The molecule has 4 nitrogen and oxygen atoms in total. The molecule has 1 N–H and O–H groups in total. The number of hydrogen-bond acceptors (Lipinski definition) is 2. The van der Waals surface area contributed by atoms with Gasteiger partial charge in [0.25, 0.3) is 0 Å². The molecular formula is C10H21N3O. The van der Waals surface area contributed by atoms with Gasteiger partial charge in [0.15, 0.2) is 0 Å². The van der Waals surface area contributed by atoms with Crippen LogP contribution in [0.25, 0.3) is 0 Å². The molecule has 0 aromatic carbocycles. The lowest BCUT2D eigenvalue weighted by atomic mass is 10.2. The van der Waals surface area contributed by atoms with Crippen molar-refractivity contribution in [3.8, 4) is 0 Å². The van der Waals surface area contributed by atoms with Gasteiger partial charge in [0.1, 0.15) is 0 Å². The van der Waals surface area contributed by atoms with Gasteiger partial charge >= 0.3 is 6.03 Å². The number of likely N-dealkylation sites (tertiary alicyclic amines) is 1. The minimum absolute atomic E-state index is 0.0419. The van der Waals surface area contributed by atoms with Crippen LogP contribution in [0, 0.1) is 0 Å². The number of carbonyl (C=O) groups excluding carboxylic acids is 1. The molecule has 1 heterocycles. The average molecular weight is 199 g/mol. The van der Waals surface area contributed by atoms with E-state index in [0.29, 0.717) is 6.04 Å². The number of hydrogen-bond donors (Lipinski definition) is 1. The number of nitrogens with one attached hydrogen (secondary N) is 1. The molecule has 14 heavy (non-hydrogen) atoms. The Morgan fingerprint density at radius 1 is 1.57 bits per heavy atom. The van der Waals surface area contributed by atoms with E-state index in [9.17, 15) is 4.79 Å². The summed E-state index contributed by atoms with van der Waals surface area (Å²) in [6.07, 6.45) is 1.08. The summed E-state index contributed by atoms with van der Waals surface area (Å²) in [6.45, 7) is 6.03. The van der Waals surface area contributed by atoms with Gasteiger partial charge in [0.2, 0.25) is 0 Å². The maximum absolute atomic E-state index is 11.6. The normalized spacial score (nSPS) is 22.8. The van der Waals surface area contributed by atoms with Gasteiger partial charge in [-0.05, 0) is 33.9 Å². The molecule has 2 amide bonds. The van der Waals surface area contributed by atoms with Gasteiger partial charge in [-0.15, -0.1) is 0 Å². The minimum Gasteiger partial charge on any atom is -0.336 e. The van der Waals surface area contributed by atoms with Crippen LogP contribution in [0.3, 0.4) is 0 Å². The standard InChI is InChI=1S/C10H21N3O/c1-8(2)11-10(14)13(4)9-5-6-12(3)7-9/h8-9H,5-7H2,1-4H3,(H,11,14). The molecule has 0 aliphatic carbocycles. The number of carbonyl (C=O) groups is 1. The fourth-order valence-corrected chi connectivity index (χ4v) is 1.74. The van der Waals surface area contributed by atoms with Crippen molar-refractivity contribution in [1.82, 2.24) is 15.1 Å². The predicted octanol–water partition coefficient (Wildman–Crippen LogP) is 0.740. The van der Waals surface area contributed by atoms with Crippen molar-refractivity contribution in [1.29, 1.82) is 0 Å². The Morgan fingerprint density at radius 3 is 2.64 bits per heavy atom. The van der Waals surface area contributed by atoms with E-state index in [1.54, 1.807) is 0 Å². The summed E-state index contributed by atoms with van der Waals surface area (Å²) in [4.78, 5) is 15.7. The van der Waals surface area contributed by atoms with E-state index in [-0.39, 0.29) is 12.1 Å². The molecule has 1 aliphatic rings. The first-order valence-corrected chi connectivity index (χ1v) is 5.22. The summed E-state index contributed by atoms with van der Waals surface area (Å²) in [6, 6.07) is 0.628. The second-order valence-corrected chi connectivity index (χ2v) is 4.42. The zero-order valence-electron chi connectivity index (χ0n) is 9.58. The molecule has 0 aromatic heterocycles. The van der Waals surface area contributed by atoms with Gasteiger partial charge in [-0.1, -0.05) is 0 Å². The lowest BCUT2D eigenvalue weighted by Crippen LogP contribution is -2.46. The fraction of sp³-hybridized carbons (Fsp3) is 0.900. The SMILES string of the molecule is CC(C)NC(=O)N(C)C1CCN(C)C1. The second-order valence-electron chi connectivity index (χ2n) is 4.42. The highest BCUT2D eigenvalue weighted by molar-refractivity contribution is 5.74. The third-order valence-electron chi connectivity index (χ3n) is 2.65. The van der Waals surface area contributed by atoms with Crippen molar-refractivity contribution in [2.24, 2.45) is 0 Å². The number of urea groups is 1. The molecule has 0 radical (unpaired) electrons. The molecule has 0 aromatic rings.